The molecule has 0 aliphatic carbocycles. The van der Waals surface area contributed by atoms with Crippen LogP contribution < -0.4 is 11.2 Å². The van der Waals surface area contributed by atoms with Gasteiger partial charge in [-0.1, -0.05) is 0 Å². The number of hydrogen-bond acceptors (Lipinski definition) is 6. The Labute approximate surface area is 147 Å². The largest absolute Gasteiger partial charge is 0.468 e. The molecule has 0 radical (unpaired) electrons. The first-order valence-corrected chi connectivity index (χ1v) is 8.18. The van der Waals surface area contributed by atoms with E-state index >= 15 is 0 Å². The Morgan fingerprint density at radius 3 is 2.50 bits per heavy atom. The SMILES string of the molecule is COC(=O)Cn1c(=O)c2c(nc3n(CCCO)c(C)c(C)n23)n(C)c1=O. The van der Waals surface area contributed by atoms with Crippen LogP contribution in [-0.2, 0) is 29.7 Å². The third kappa shape index (κ3) is 2.45. The highest BCUT2D eigenvalue weighted by Crippen LogP contribution is 2.20. The lowest BCUT2D eigenvalue weighted by molar-refractivity contribution is -0.141. The summed E-state index contributed by atoms with van der Waals surface area (Å²) in [6.07, 6.45) is 0.541. The molecule has 0 spiro atoms. The summed E-state index contributed by atoms with van der Waals surface area (Å²) in [5.74, 6) is -0.163. The molecule has 0 aliphatic heterocycles. The molecule has 0 amide bonds. The van der Waals surface area contributed by atoms with Crippen molar-refractivity contribution in [2.45, 2.75) is 33.4 Å². The molecule has 0 aliphatic rings. The molecule has 0 aromatic carbocycles. The van der Waals surface area contributed by atoms with Gasteiger partial charge >= 0.3 is 11.7 Å². The Bertz CT molecular complexity index is 1130. The molecule has 0 bridgehead atoms. The molecule has 3 heterocycles. The minimum atomic E-state index is -0.683. The van der Waals surface area contributed by atoms with Crippen molar-refractivity contribution < 1.29 is 14.6 Å². The Kier molecular flexibility index (Phi) is 4.45. The van der Waals surface area contributed by atoms with E-state index in [0.29, 0.717) is 18.7 Å². The Hall–Kier alpha value is -2.88. The number of esters is 1. The van der Waals surface area contributed by atoms with Crippen LogP contribution in [0.3, 0.4) is 0 Å². The van der Waals surface area contributed by atoms with Gasteiger partial charge < -0.3 is 14.4 Å². The zero-order chi connectivity index (χ0) is 19.2. The summed E-state index contributed by atoms with van der Waals surface area (Å²) in [5.41, 5.74) is 0.969. The molecule has 3 aromatic heterocycles. The van der Waals surface area contributed by atoms with Crippen LogP contribution in [0.1, 0.15) is 17.8 Å². The third-order valence-corrected chi connectivity index (χ3v) is 4.68. The number of ether oxygens (including phenoxy) is 1. The van der Waals surface area contributed by atoms with Gasteiger partial charge in [0, 0.05) is 31.6 Å². The normalized spacial score (nSPS) is 11.6. The van der Waals surface area contributed by atoms with Gasteiger partial charge in [0.25, 0.3) is 5.56 Å². The van der Waals surface area contributed by atoms with Gasteiger partial charge in [0.2, 0.25) is 5.78 Å². The molecular formula is C16H21N5O5. The lowest BCUT2D eigenvalue weighted by atomic mass is 10.3. The van der Waals surface area contributed by atoms with Crippen molar-refractivity contribution in [2.75, 3.05) is 13.7 Å². The van der Waals surface area contributed by atoms with Crippen LogP contribution in [0.5, 0.6) is 0 Å². The fourth-order valence-corrected chi connectivity index (χ4v) is 3.14. The summed E-state index contributed by atoms with van der Waals surface area (Å²) in [7, 11) is 2.70. The molecule has 0 fully saturated rings. The van der Waals surface area contributed by atoms with Crippen molar-refractivity contribution in [3.63, 3.8) is 0 Å². The number of aliphatic hydroxyl groups excluding tert-OH is 1. The molecule has 1 N–H and O–H groups in total. The molecule has 26 heavy (non-hydrogen) atoms. The summed E-state index contributed by atoms with van der Waals surface area (Å²) in [6, 6.07) is 0. The molecule has 10 heteroatoms. The molecule has 0 atom stereocenters. The van der Waals surface area contributed by atoms with E-state index < -0.39 is 23.8 Å². The van der Waals surface area contributed by atoms with Crippen LogP contribution in [0.2, 0.25) is 0 Å². The van der Waals surface area contributed by atoms with Crippen molar-refractivity contribution in [1.82, 2.24) is 23.1 Å². The molecule has 10 nitrogen and oxygen atoms in total. The van der Waals surface area contributed by atoms with Gasteiger partial charge in [-0.05, 0) is 20.3 Å². The number of aromatic nitrogens is 5. The summed E-state index contributed by atoms with van der Waals surface area (Å²) in [5, 5.41) is 9.12. The van der Waals surface area contributed by atoms with Crippen LogP contribution in [0.25, 0.3) is 16.9 Å². The fourth-order valence-electron chi connectivity index (χ4n) is 3.14. The molecule has 3 rings (SSSR count). The van der Waals surface area contributed by atoms with E-state index in [2.05, 4.69) is 9.72 Å². The number of hydrogen-bond donors (Lipinski definition) is 1. The van der Waals surface area contributed by atoms with Gasteiger partial charge in [-0.3, -0.25) is 18.6 Å². The lowest BCUT2D eigenvalue weighted by Gasteiger charge is -2.07. The van der Waals surface area contributed by atoms with Crippen LogP contribution in [0.4, 0.5) is 0 Å². The van der Waals surface area contributed by atoms with Crippen LogP contribution in [0.15, 0.2) is 9.59 Å². The molecule has 140 valence electrons. The number of carbonyl (C=O) groups excluding carboxylic acids is 1. The number of aliphatic hydroxyl groups is 1. The van der Waals surface area contributed by atoms with Crippen LogP contribution in [-0.4, -0.2) is 47.9 Å². The zero-order valence-electron chi connectivity index (χ0n) is 15.1. The standard InChI is InChI=1S/C16H21N5O5/c1-9-10(2)21-12-13(17-15(21)19(9)6-5-7-22)18(3)16(25)20(14(12)24)8-11(23)26-4/h22H,5-8H2,1-4H3. The molecule has 3 aromatic rings. The van der Waals surface area contributed by atoms with Gasteiger partial charge in [0.05, 0.1) is 7.11 Å². The molecule has 0 saturated carbocycles. The van der Waals surface area contributed by atoms with Crippen molar-refractivity contribution in [3.8, 4) is 0 Å². The van der Waals surface area contributed by atoms with Gasteiger partial charge in [-0.15, -0.1) is 0 Å². The van der Waals surface area contributed by atoms with Gasteiger partial charge in [-0.2, -0.15) is 4.98 Å². The first-order valence-electron chi connectivity index (χ1n) is 8.18. The van der Waals surface area contributed by atoms with Crippen LogP contribution in [0, 0.1) is 13.8 Å². The van der Waals surface area contributed by atoms with E-state index in [-0.39, 0.29) is 17.8 Å². The van der Waals surface area contributed by atoms with Crippen molar-refractivity contribution in [3.05, 3.63) is 32.2 Å². The second-order valence-corrected chi connectivity index (χ2v) is 6.13. The number of methoxy groups -OCH3 is 1. The van der Waals surface area contributed by atoms with Crippen molar-refractivity contribution in [1.29, 1.82) is 0 Å². The summed E-state index contributed by atoms with van der Waals surface area (Å²) in [6.45, 7) is 3.87. The number of rotatable bonds is 5. The highest BCUT2D eigenvalue weighted by Gasteiger charge is 2.23. The average Bonchev–Trinajstić information content (AvgIpc) is 3.12. The second-order valence-electron chi connectivity index (χ2n) is 6.13. The number of carbonyl (C=O) groups is 1. The number of imidazole rings is 2. The Morgan fingerprint density at radius 1 is 1.19 bits per heavy atom. The van der Waals surface area contributed by atoms with E-state index in [1.165, 1.54) is 18.7 Å². The Morgan fingerprint density at radius 2 is 1.88 bits per heavy atom. The van der Waals surface area contributed by atoms with E-state index in [0.717, 1.165) is 16.0 Å². The molecule has 0 saturated heterocycles. The monoisotopic (exact) mass is 363 g/mol. The highest BCUT2D eigenvalue weighted by molar-refractivity contribution is 5.77. The predicted molar refractivity (Wildman–Crippen MR) is 93.4 cm³/mol. The summed E-state index contributed by atoms with van der Waals surface area (Å²) in [4.78, 5) is 41.5. The second kappa shape index (κ2) is 6.45. The lowest BCUT2D eigenvalue weighted by Crippen LogP contribution is -2.41. The zero-order valence-corrected chi connectivity index (χ0v) is 15.1. The average molecular weight is 363 g/mol. The first-order chi connectivity index (χ1) is 12.3. The predicted octanol–water partition coefficient (Wildman–Crippen LogP) is -0.678. The topological polar surface area (TPSA) is 113 Å². The fraction of sp³-hybridized carbons (Fsp3) is 0.500. The van der Waals surface area contributed by atoms with Crippen molar-refractivity contribution in [2.24, 2.45) is 7.05 Å². The number of nitrogens with zero attached hydrogens (tertiary/aromatic N) is 5. The van der Waals surface area contributed by atoms with E-state index in [1.807, 2.05) is 18.4 Å². The van der Waals surface area contributed by atoms with E-state index in [4.69, 9.17) is 5.11 Å². The van der Waals surface area contributed by atoms with E-state index in [1.54, 1.807) is 4.40 Å². The highest BCUT2D eigenvalue weighted by atomic mass is 16.5. The van der Waals surface area contributed by atoms with Crippen LogP contribution >= 0.6 is 0 Å². The number of fused-ring (bicyclic) bond motifs is 3. The quantitative estimate of drug-likeness (QED) is 0.601. The maximum atomic E-state index is 12.9. The maximum Gasteiger partial charge on any atom is 0.333 e. The van der Waals surface area contributed by atoms with E-state index in [9.17, 15) is 14.4 Å². The molecular weight excluding hydrogens is 342 g/mol. The molecule has 0 unspecified atom stereocenters. The maximum absolute atomic E-state index is 12.9. The third-order valence-electron chi connectivity index (χ3n) is 4.68. The summed E-state index contributed by atoms with van der Waals surface area (Å²) >= 11 is 0. The first kappa shape index (κ1) is 17.9. The smallest absolute Gasteiger partial charge is 0.333 e. The minimum absolute atomic E-state index is 0.0352. The van der Waals surface area contributed by atoms with Gasteiger partial charge in [0.15, 0.2) is 11.2 Å². The summed E-state index contributed by atoms with van der Waals surface area (Å²) < 4.78 is 10.3. The van der Waals surface area contributed by atoms with Gasteiger partial charge in [0.1, 0.15) is 6.54 Å². The Balaban J connectivity index is 2.41. The van der Waals surface area contributed by atoms with Crippen molar-refractivity contribution >= 4 is 22.9 Å². The minimum Gasteiger partial charge on any atom is -0.468 e. The van der Waals surface area contributed by atoms with Gasteiger partial charge in [-0.25, -0.2) is 9.36 Å². The number of aryl methyl sites for hydroxylation is 3.